The van der Waals surface area contributed by atoms with Gasteiger partial charge in [0, 0.05) is 18.7 Å². The lowest BCUT2D eigenvalue weighted by Crippen LogP contribution is -2.48. The minimum atomic E-state index is -0.912. The summed E-state index contributed by atoms with van der Waals surface area (Å²) in [5.74, 6) is -1.59. The quantitative estimate of drug-likeness (QED) is 0.898. The molecule has 1 saturated heterocycles. The van der Waals surface area contributed by atoms with Crippen LogP contribution in [0.4, 0.5) is 4.39 Å². The highest BCUT2D eigenvalue weighted by molar-refractivity contribution is 9.10. The number of aliphatic carboxylic acids is 1. The molecular formula is C14H15BrFNO3. The number of rotatable bonds is 2. The fourth-order valence-corrected chi connectivity index (χ4v) is 2.78. The summed E-state index contributed by atoms with van der Waals surface area (Å²) in [6.45, 7) is 2.35. The first-order valence-corrected chi connectivity index (χ1v) is 7.10. The number of likely N-dealkylation sites (tertiary alicyclic amines) is 1. The van der Waals surface area contributed by atoms with Gasteiger partial charge in [-0.15, -0.1) is 0 Å². The Kier molecular flexibility index (Phi) is 4.13. The van der Waals surface area contributed by atoms with E-state index in [4.69, 9.17) is 0 Å². The van der Waals surface area contributed by atoms with Crippen molar-refractivity contribution in [2.75, 3.05) is 13.1 Å². The van der Waals surface area contributed by atoms with E-state index in [1.54, 1.807) is 6.92 Å². The highest BCUT2D eigenvalue weighted by Gasteiger charge is 2.39. The Balaban J connectivity index is 2.20. The van der Waals surface area contributed by atoms with Gasteiger partial charge in [0.1, 0.15) is 5.82 Å². The molecule has 6 heteroatoms. The van der Waals surface area contributed by atoms with Gasteiger partial charge in [-0.2, -0.15) is 0 Å². The number of amides is 1. The van der Waals surface area contributed by atoms with Crippen LogP contribution in [0, 0.1) is 11.2 Å². The molecule has 1 N–H and O–H groups in total. The molecule has 1 aliphatic rings. The van der Waals surface area contributed by atoms with Gasteiger partial charge in [0.25, 0.3) is 5.91 Å². The molecule has 0 bridgehead atoms. The molecule has 1 aromatic carbocycles. The first-order valence-electron chi connectivity index (χ1n) is 6.31. The van der Waals surface area contributed by atoms with Crippen LogP contribution in [0.3, 0.4) is 0 Å². The molecule has 1 aliphatic heterocycles. The summed E-state index contributed by atoms with van der Waals surface area (Å²) in [5, 5.41) is 9.25. The van der Waals surface area contributed by atoms with Crippen molar-refractivity contribution in [1.82, 2.24) is 4.90 Å². The minimum absolute atomic E-state index is 0.177. The molecule has 1 amide bonds. The number of nitrogens with zero attached hydrogens (tertiary/aromatic N) is 1. The van der Waals surface area contributed by atoms with Crippen LogP contribution in [-0.2, 0) is 4.79 Å². The van der Waals surface area contributed by atoms with Gasteiger partial charge in [-0.25, -0.2) is 4.39 Å². The van der Waals surface area contributed by atoms with Gasteiger partial charge < -0.3 is 10.0 Å². The Morgan fingerprint density at radius 1 is 1.45 bits per heavy atom. The van der Waals surface area contributed by atoms with E-state index in [9.17, 15) is 19.1 Å². The van der Waals surface area contributed by atoms with Gasteiger partial charge in [-0.1, -0.05) is 0 Å². The van der Waals surface area contributed by atoms with Gasteiger partial charge in [-0.05, 0) is 53.9 Å². The second-order valence-corrected chi connectivity index (χ2v) is 6.18. The number of halogens is 2. The number of carbonyl (C=O) groups excluding carboxylic acids is 1. The van der Waals surface area contributed by atoms with Crippen molar-refractivity contribution in [3.05, 3.63) is 34.1 Å². The maximum absolute atomic E-state index is 13.2. The summed E-state index contributed by atoms with van der Waals surface area (Å²) in [6, 6.07) is 4.05. The molecule has 1 unspecified atom stereocenters. The third-order valence-corrected chi connectivity index (χ3v) is 4.27. The molecule has 108 valence electrons. The van der Waals surface area contributed by atoms with Crippen LogP contribution in [0.5, 0.6) is 0 Å². The van der Waals surface area contributed by atoms with Crippen molar-refractivity contribution in [1.29, 1.82) is 0 Å². The van der Waals surface area contributed by atoms with E-state index in [1.165, 1.54) is 23.1 Å². The van der Waals surface area contributed by atoms with Crippen LogP contribution >= 0.6 is 15.9 Å². The Hall–Kier alpha value is -1.43. The second kappa shape index (κ2) is 5.52. The third-order valence-electron chi connectivity index (χ3n) is 3.67. The number of carboxylic acid groups (broad SMARTS) is 1. The van der Waals surface area contributed by atoms with Gasteiger partial charge in [0.15, 0.2) is 0 Å². The molecule has 0 spiro atoms. The average molecular weight is 344 g/mol. The number of carbonyl (C=O) groups is 2. The summed E-state index contributed by atoms with van der Waals surface area (Å²) in [7, 11) is 0. The second-order valence-electron chi connectivity index (χ2n) is 5.32. The van der Waals surface area contributed by atoms with Crippen LogP contribution in [-0.4, -0.2) is 35.0 Å². The number of benzene rings is 1. The molecular weight excluding hydrogens is 329 g/mol. The molecule has 0 aromatic heterocycles. The highest BCUT2D eigenvalue weighted by atomic mass is 79.9. The van der Waals surface area contributed by atoms with Crippen molar-refractivity contribution in [2.24, 2.45) is 5.41 Å². The Morgan fingerprint density at radius 3 is 2.75 bits per heavy atom. The lowest BCUT2D eigenvalue weighted by atomic mass is 9.82. The maximum Gasteiger partial charge on any atom is 0.311 e. The van der Waals surface area contributed by atoms with Crippen molar-refractivity contribution < 1.29 is 19.1 Å². The molecule has 0 radical (unpaired) electrons. The fourth-order valence-electron chi connectivity index (χ4n) is 2.40. The standard InChI is InChI=1S/C14H15BrFNO3/c1-14(13(19)20)5-2-6-17(8-14)12(18)9-3-4-11(16)10(15)7-9/h3-4,7H,2,5-6,8H2,1H3,(H,19,20). The van der Waals surface area contributed by atoms with E-state index in [2.05, 4.69) is 15.9 Å². The monoisotopic (exact) mass is 343 g/mol. The summed E-state index contributed by atoms with van der Waals surface area (Å²) in [4.78, 5) is 25.2. The Labute approximate surface area is 124 Å². The third kappa shape index (κ3) is 2.85. The van der Waals surface area contributed by atoms with E-state index in [0.29, 0.717) is 24.9 Å². The van der Waals surface area contributed by atoms with Crippen LogP contribution in [0.2, 0.25) is 0 Å². The van der Waals surface area contributed by atoms with E-state index in [0.717, 1.165) is 0 Å². The molecule has 1 atom stereocenters. The number of hydrogen-bond donors (Lipinski definition) is 1. The topological polar surface area (TPSA) is 57.6 Å². The smallest absolute Gasteiger partial charge is 0.311 e. The van der Waals surface area contributed by atoms with E-state index in [-0.39, 0.29) is 16.9 Å². The Bertz CT molecular complexity index is 563. The van der Waals surface area contributed by atoms with Crippen molar-refractivity contribution >= 4 is 27.8 Å². The largest absolute Gasteiger partial charge is 0.481 e. The zero-order valence-electron chi connectivity index (χ0n) is 11.0. The van der Waals surface area contributed by atoms with Crippen molar-refractivity contribution in [3.8, 4) is 0 Å². The van der Waals surface area contributed by atoms with Crippen molar-refractivity contribution in [3.63, 3.8) is 0 Å². The molecule has 0 saturated carbocycles. The van der Waals surface area contributed by atoms with E-state index in [1.807, 2.05) is 0 Å². The Morgan fingerprint density at radius 2 is 2.15 bits per heavy atom. The van der Waals surface area contributed by atoms with Crippen LogP contribution in [0.1, 0.15) is 30.1 Å². The predicted octanol–water partition coefficient (Wildman–Crippen LogP) is 2.92. The number of carboxylic acids is 1. The normalized spacial score (nSPS) is 22.6. The highest BCUT2D eigenvalue weighted by Crippen LogP contribution is 2.30. The summed E-state index contributed by atoms with van der Waals surface area (Å²) in [6.07, 6.45) is 1.20. The van der Waals surface area contributed by atoms with Crippen molar-refractivity contribution in [2.45, 2.75) is 19.8 Å². The van der Waals surface area contributed by atoms with Gasteiger partial charge in [-0.3, -0.25) is 9.59 Å². The van der Waals surface area contributed by atoms with Gasteiger partial charge in [0.05, 0.1) is 9.89 Å². The van der Waals surface area contributed by atoms with Crippen LogP contribution in [0.15, 0.2) is 22.7 Å². The summed E-state index contributed by atoms with van der Waals surface area (Å²) < 4.78 is 13.4. The summed E-state index contributed by atoms with van der Waals surface area (Å²) >= 11 is 3.04. The van der Waals surface area contributed by atoms with Crippen LogP contribution < -0.4 is 0 Å². The molecule has 1 aromatic rings. The molecule has 4 nitrogen and oxygen atoms in total. The van der Waals surface area contributed by atoms with Crippen LogP contribution in [0.25, 0.3) is 0 Å². The molecule has 0 aliphatic carbocycles. The van der Waals surface area contributed by atoms with Gasteiger partial charge in [0.2, 0.25) is 0 Å². The fraction of sp³-hybridized carbons (Fsp3) is 0.429. The van der Waals surface area contributed by atoms with Gasteiger partial charge >= 0.3 is 5.97 Å². The average Bonchev–Trinajstić information content (AvgIpc) is 2.41. The SMILES string of the molecule is CC1(C(=O)O)CCCN(C(=O)c2ccc(F)c(Br)c2)C1. The zero-order valence-corrected chi connectivity index (χ0v) is 12.6. The number of piperidine rings is 1. The first-order chi connectivity index (χ1) is 9.33. The zero-order chi connectivity index (χ0) is 14.9. The first kappa shape index (κ1) is 15.0. The minimum Gasteiger partial charge on any atom is -0.481 e. The number of hydrogen-bond acceptors (Lipinski definition) is 2. The predicted molar refractivity (Wildman–Crippen MR) is 75.0 cm³/mol. The molecule has 1 fully saturated rings. The summed E-state index contributed by atoms with van der Waals surface area (Å²) in [5.41, 5.74) is -0.557. The lowest BCUT2D eigenvalue weighted by molar-refractivity contribution is -0.150. The maximum atomic E-state index is 13.2. The lowest BCUT2D eigenvalue weighted by Gasteiger charge is -2.37. The van der Waals surface area contributed by atoms with E-state index < -0.39 is 17.2 Å². The molecule has 2 rings (SSSR count). The molecule has 20 heavy (non-hydrogen) atoms. The van der Waals surface area contributed by atoms with E-state index >= 15 is 0 Å². The molecule has 1 heterocycles.